The van der Waals surface area contributed by atoms with Crippen LogP contribution in [0.3, 0.4) is 0 Å². The van der Waals surface area contributed by atoms with E-state index in [9.17, 15) is 18.0 Å². The summed E-state index contributed by atoms with van der Waals surface area (Å²) in [6.45, 7) is 0. The van der Waals surface area contributed by atoms with Crippen LogP contribution in [0.1, 0.15) is 5.56 Å². The van der Waals surface area contributed by atoms with E-state index >= 15 is 0 Å². The zero-order chi connectivity index (χ0) is 14.3. The number of rotatable bonds is 1. The Bertz CT molecular complexity index is 820. The van der Waals surface area contributed by atoms with Crippen molar-refractivity contribution in [2.45, 2.75) is 6.18 Å². The number of H-pyrrole nitrogens is 1. The van der Waals surface area contributed by atoms with E-state index in [2.05, 4.69) is 9.97 Å². The zero-order valence-electron chi connectivity index (χ0n) is 9.86. The number of hydrogen-bond donors (Lipinski definition) is 1. The Morgan fingerprint density at radius 2 is 2.00 bits per heavy atom. The van der Waals surface area contributed by atoms with E-state index in [0.29, 0.717) is 0 Å². The summed E-state index contributed by atoms with van der Waals surface area (Å²) >= 11 is 0. The van der Waals surface area contributed by atoms with Crippen molar-refractivity contribution in [3.8, 4) is 11.5 Å². The summed E-state index contributed by atoms with van der Waals surface area (Å²) < 4.78 is 43.4. The van der Waals surface area contributed by atoms with Gasteiger partial charge in [-0.05, 0) is 30.3 Å². The van der Waals surface area contributed by atoms with E-state index in [-0.39, 0.29) is 22.4 Å². The molecule has 2 aromatic heterocycles. The zero-order valence-corrected chi connectivity index (χ0v) is 9.86. The van der Waals surface area contributed by atoms with E-state index in [0.717, 1.165) is 12.1 Å². The predicted molar refractivity (Wildman–Crippen MR) is 65.1 cm³/mol. The maximum Gasteiger partial charge on any atom is 0.416 e. The van der Waals surface area contributed by atoms with E-state index in [1.807, 2.05) is 0 Å². The normalized spacial score (nSPS) is 11.9. The molecule has 0 atom stereocenters. The van der Waals surface area contributed by atoms with Gasteiger partial charge in [0.1, 0.15) is 5.69 Å². The first kappa shape index (κ1) is 12.5. The molecular formula is C13H7F3N2O2. The largest absolute Gasteiger partial charge is 0.463 e. The van der Waals surface area contributed by atoms with Crippen molar-refractivity contribution in [2.24, 2.45) is 0 Å². The number of furan rings is 1. The second-order valence-corrected chi connectivity index (χ2v) is 4.13. The Morgan fingerprint density at radius 1 is 1.20 bits per heavy atom. The molecule has 102 valence electrons. The Hall–Kier alpha value is -2.57. The van der Waals surface area contributed by atoms with Crippen LogP contribution < -0.4 is 5.69 Å². The summed E-state index contributed by atoms with van der Waals surface area (Å²) in [7, 11) is 0. The molecule has 1 N–H and O–H groups in total. The number of aromatic nitrogens is 2. The van der Waals surface area contributed by atoms with Gasteiger partial charge in [-0.25, -0.2) is 4.79 Å². The summed E-state index contributed by atoms with van der Waals surface area (Å²) in [4.78, 5) is 17.5. The fraction of sp³-hybridized carbons (Fsp3) is 0.0769. The van der Waals surface area contributed by atoms with Crippen LogP contribution in [-0.4, -0.2) is 9.97 Å². The molecule has 2 heterocycles. The lowest BCUT2D eigenvalue weighted by atomic mass is 10.1. The number of hydrogen-bond acceptors (Lipinski definition) is 3. The second kappa shape index (κ2) is 4.22. The van der Waals surface area contributed by atoms with E-state index in [1.54, 1.807) is 6.07 Å². The van der Waals surface area contributed by atoms with Crippen molar-refractivity contribution >= 4 is 10.9 Å². The van der Waals surface area contributed by atoms with Crippen LogP contribution in [-0.2, 0) is 6.18 Å². The molecule has 4 nitrogen and oxygen atoms in total. The van der Waals surface area contributed by atoms with Crippen molar-refractivity contribution in [3.05, 3.63) is 52.6 Å². The summed E-state index contributed by atoms with van der Waals surface area (Å²) in [5.41, 5.74) is -1.11. The molecule has 0 unspecified atom stereocenters. The van der Waals surface area contributed by atoms with Crippen LogP contribution in [0.2, 0.25) is 0 Å². The highest BCUT2D eigenvalue weighted by atomic mass is 19.4. The molecule has 0 radical (unpaired) electrons. The molecule has 0 fully saturated rings. The fourth-order valence-electron chi connectivity index (χ4n) is 1.93. The van der Waals surface area contributed by atoms with Crippen LogP contribution >= 0.6 is 0 Å². The van der Waals surface area contributed by atoms with Crippen LogP contribution in [0.25, 0.3) is 22.4 Å². The van der Waals surface area contributed by atoms with E-state index in [4.69, 9.17) is 4.42 Å². The minimum Gasteiger partial charge on any atom is -0.463 e. The number of aromatic amines is 1. The highest BCUT2D eigenvalue weighted by Gasteiger charge is 2.31. The minimum atomic E-state index is -4.47. The van der Waals surface area contributed by atoms with Crippen LogP contribution in [0, 0.1) is 0 Å². The van der Waals surface area contributed by atoms with Gasteiger partial charge in [-0.1, -0.05) is 0 Å². The van der Waals surface area contributed by atoms with Crippen molar-refractivity contribution in [1.82, 2.24) is 9.97 Å². The van der Waals surface area contributed by atoms with Gasteiger partial charge >= 0.3 is 11.9 Å². The van der Waals surface area contributed by atoms with Crippen LogP contribution in [0.4, 0.5) is 13.2 Å². The van der Waals surface area contributed by atoms with Crippen molar-refractivity contribution in [2.75, 3.05) is 0 Å². The van der Waals surface area contributed by atoms with Gasteiger partial charge in [0.15, 0.2) is 5.76 Å². The monoisotopic (exact) mass is 280 g/mol. The maximum absolute atomic E-state index is 12.8. The van der Waals surface area contributed by atoms with Crippen molar-refractivity contribution < 1.29 is 17.6 Å². The van der Waals surface area contributed by atoms with Gasteiger partial charge in [-0.2, -0.15) is 18.2 Å². The molecule has 3 aromatic rings. The molecule has 0 saturated carbocycles. The third-order valence-corrected chi connectivity index (χ3v) is 2.81. The lowest BCUT2D eigenvalue weighted by Gasteiger charge is -2.09. The molecule has 7 heteroatoms. The first-order valence-corrected chi connectivity index (χ1v) is 5.60. The van der Waals surface area contributed by atoms with Gasteiger partial charge in [0.2, 0.25) is 0 Å². The molecule has 0 amide bonds. The Balaban J connectivity index is 2.35. The highest BCUT2D eigenvalue weighted by Crippen LogP contribution is 2.33. The number of fused-ring (bicyclic) bond motifs is 1. The first-order valence-electron chi connectivity index (χ1n) is 5.60. The third kappa shape index (κ3) is 2.07. The third-order valence-electron chi connectivity index (χ3n) is 2.81. The number of nitrogens with one attached hydrogen (secondary N) is 1. The van der Waals surface area contributed by atoms with E-state index in [1.165, 1.54) is 18.4 Å². The summed E-state index contributed by atoms with van der Waals surface area (Å²) in [6, 6.07) is 6.15. The number of halogens is 3. The molecule has 0 aliphatic carbocycles. The average molecular weight is 280 g/mol. The molecule has 3 rings (SSSR count). The highest BCUT2D eigenvalue weighted by molar-refractivity contribution is 5.91. The number of nitrogens with zero attached hydrogens (tertiary/aromatic N) is 1. The average Bonchev–Trinajstić information content (AvgIpc) is 2.89. The van der Waals surface area contributed by atoms with Crippen LogP contribution in [0.15, 0.2) is 45.8 Å². The van der Waals surface area contributed by atoms with Gasteiger partial charge in [0.05, 0.1) is 17.3 Å². The fourth-order valence-corrected chi connectivity index (χ4v) is 1.93. The molecule has 0 aliphatic rings. The van der Waals surface area contributed by atoms with Crippen molar-refractivity contribution in [3.63, 3.8) is 0 Å². The SMILES string of the molecule is O=c1nc(-c2ccco2)c2cc(C(F)(F)F)ccc2[nH]1. The lowest BCUT2D eigenvalue weighted by Crippen LogP contribution is -2.12. The molecule has 0 aliphatic heterocycles. The maximum atomic E-state index is 12.8. The smallest absolute Gasteiger partial charge is 0.416 e. The van der Waals surface area contributed by atoms with Gasteiger partial charge in [-0.15, -0.1) is 0 Å². The molecule has 1 aromatic carbocycles. The molecular weight excluding hydrogens is 273 g/mol. The Kier molecular flexibility index (Phi) is 2.63. The minimum absolute atomic E-state index is 0.0832. The quantitative estimate of drug-likeness (QED) is 0.744. The van der Waals surface area contributed by atoms with Gasteiger partial charge < -0.3 is 9.40 Å². The standard InChI is InChI=1S/C13H7F3N2O2/c14-13(15,16)7-3-4-9-8(6-7)11(18-12(19)17-9)10-2-1-5-20-10/h1-6H,(H,17,18,19). The topological polar surface area (TPSA) is 58.9 Å². The number of alkyl halides is 3. The Morgan fingerprint density at radius 3 is 2.65 bits per heavy atom. The van der Waals surface area contributed by atoms with Gasteiger partial charge in [0, 0.05) is 5.39 Å². The Labute approximate surface area is 109 Å². The van der Waals surface area contributed by atoms with Crippen molar-refractivity contribution in [1.29, 1.82) is 0 Å². The first-order chi connectivity index (χ1) is 9.45. The summed E-state index contributed by atoms with van der Waals surface area (Å²) in [5.74, 6) is 0.237. The van der Waals surface area contributed by atoms with Gasteiger partial charge in [0.25, 0.3) is 0 Å². The second-order valence-electron chi connectivity index (χ2n) is 4.13. The summed E-state index contributed by atoms with van der Waals surface area (Å²) in [5, 5.41) is 0.175. The number of benzene rings is 1. The lowest BCUT2D eigenvalue weighted by molar-refractivity contribution is -0.137. The molecule has 0 bridgehead atoms. The van der Waals surface area contributed by atoms with E-state index < -0.39 is 17.4 Å². The molecule has 0 spiro atoms. The summed E-state index contributed by atoms with van der Waals surface area (Å²) in [6.07, 6.45) is -3.11. The molecule has 0 saturated heterocycles. The molecule has 20 heavy (non-hydrogen) atoms. The predicted octanol–water partition coefficient (Wildman–Crippen LogP) is 3.20. The van der Waals surface area contributed by atoms with Crippen LogP contribution in [0.5, 0.6) is 0 Å². The van der Waals surface area contributed by atoms with Gasteiger partial charge in [-0.3, -0.25) is 0 Å².